The quantitative estimate of drug-likeness (QED) is 0.423. The summed E-state index contributed by atoms with van der Waals surface area (Å²) < 4.78 is 8.99. The van der Waals surface area contributed by atoms with E-state index < -0.39 is 37.3 Å². The second-order valence-electron chi connectivity index (χ2n) is 2.79. The van der Waals surface area contributed by atoms with Gasteiger partial charge in [-0.1, -0.05) is 0 Å². The topological polar surface area (TPSA) is 99.4 Å². The molecule has 6 nitrogen and oxygen atoms in total. The van der Waals surface area contributed by atoms with Crippen LogP contribution in [0.4, 0.5) is 0 Å². The molecule has 7 heteroatoms. The highest BCUT2D eigenvalue weighted by atomic mass is 35.5. The molecule has 0 aromatic carbocycles. The van der Waals surface area contributed by atoms with Crippen LogP contribution < -0.4 is 0 Å². The minimum Gasteiger partial charge on any atom is -0.394 e. The van der Waals surface area contributed by atoms with Gasteiger partial charge in [0.25, 0.3) is 0 Å². The van der Waals surface area contributed by atoms with Crippen LogP contribution in [-0.2, 0) is 9.03 Å². The van der Waals surface area contributed by atoms with E-state index in [-0.39, 0.29) is 0 Å². The smallest absolute Gasteiger partial charge is 0.206 e. The SMILES string of the molecule is OC[C@H]1OC(OCl)[C@H](O)[C@@H](O)[C@@H]1O. The molecule has 1 unspecified atom stereocenters. The van der Waals surface area contributed by atoms with Crippen molar-refractivity contribution in [2.75, 3.05) is 6.61 Å². The Bertz CT molecular complexity index is 147. The van der Waals surface area contributed by atoms with Gasteiger partial charge < -0.3 is 25.2 Å². The zero-order valence-electron chi connectivity index (χ0n) is 6.58. The minimum atomic E-state index is -1.45. The largest absolute Gasteiger partial charge is 0.394 e. The fraction of sp³-hybridized carbons (Fsp3) is 1.00. The molecule has 1 aliphatic rings. The van der Waals surface area contributed by atoms with Crippen LogP contribution in [0.15, 0.2) is 0 Å². The Kier molecular flexibility index (Phi) is 3.87. The van der Waals surface area contributed by atoms with Crippen LogP contribution in [0.5, 0.6) is 0 Å². The number of hydrogen-bond donors (Lipinski definition) is 4. The Balaban J connectivity index is 2.66. The normalized spacial score (nSPS) is 46.4. The van der Waals surface area contributed by atoms with Gasteiger partial charge in [0.15, 0.2) is 0 Å². The fourth-order valence-corrected chi connectivity index (χ4v) is 1.29. The number of hydrogen-bond acceptors (Lipinski definition) is 6. The molecule has 0 bridgehead atoms. The maximum atomic E-state index is 9.23. The first-order valence-corrected chi connectivity index (χ1v) is 4.00. The summed E-state index contributed by atoms with van der Waals surface area (Å²) in [6, 6.07) is 0. The summed E-state index contributed by atoms with van der Waals surface area (Å²) in [4.78, 5) is 0. The van der Waals surface area contributed by atoms with Gasteiger partial charge in [0.05, 0.1) is 18.5 Å². The molecule has 0 amide bonds. The minimum absolute atomic E-state index is 0.498. The van der Waals surface area contributed by atoms with Crippen LogP contribution in [0.1, 0.15) is 0 Å². The van der Waals surface area contributed by atoms with Crippen LogP contribution >= 0.6 is 11.9 Å². The molecule has 0 aromatic heterocycles. The summed E-state index contributed by atoms with van der Waals surface area (Å²) in [5, 5.41) is 36.3. The monoisotopic (exact) mass is 214 g/mol. The van der Waals surface area contributed by atoms with Crippen molar-refractivity contribution in [3.8, 4) is 0 Å². The zero-order chi connectivity index (χ0) is 10.0. The van der Waals surface area contributed by atoms with E-state index in [1.165, 1.54) is 0 Å². The third kappa shape index (κ3) is 2.10. The fourth-order valence-electron chi connectivity index (χ4n) is 1.14. The van der Waals surface area contributed by atoms with E-state index in [2.05, 4.69) is 4.29 Å². The lowest BCUT2D eigenvalue weighted by molar-refractivity contribution is -0.276. The highest BCUT2D eigenvalue weighted by Crippen LogP contribution is 2.22. The Morgan fingerprint density at radius 3 is 2.23 bits per heavy atom. The van der Waals surface area contributed by atoms with Gasteiger partial charge in [-0.3, -0.25) is 0 Å². The Hall–Kier alpha value is 0.0500. The molecule has 13 heavy (non-hydrogen) atoms. The third-order valence-corrected chi connectivity index (χ3v) is 2.11. The summed E-state index contributed by atoms with van der Waals surface area (Å²) in [6.45, 7) is -0.498. The summed E-state index contributed by atoms with van der Waals surface area (Å²) in [6.07, 6.45) is -6.51. The van der Waals surface area contributed by atoms with Crippen molar-refractivity contribution in [1.82, 2.24) is 0 Å². The average Bonchev–Trinajstić information content (AvgIpc) is 2.15. The van der Waals surface area contributed by atoms with E-state index in [4.69, 9.17) is 21.7 Å². The van der Waals surface area contributed by atoms with Crippen LogP contribution in [-0.4, -0.2) is 57.7 Å². The van der Waals surface area contributed by atoms with E-state index in [1.54, 1.807) is 0 Å². The lowest BCUT2D eigenvalue weighted by Gasteiger charge is -2.38. The van der Waals surface area contributed by atoms with Gasteiger partial charge in [-0.2, -0.15) is 0 Å². The molecule has 1 heterocycles. The summed E-state index contributed by atoms with van der Waals surface area (Å²) in [5.41, 5.74) is 0. The number of aliphatic hydroxyl groups excluding tert-OH is 4. The van der Waals surface area contributed by atoms with Crippen molar-refractivity contribution in [2.45, 2.75) is 30.7 Å². The second-order valence-corrected chi connectivity index (χ2v) is 2.96. The molecule has 4 N–H and O–H groups in total. The Morgan fingerprint density at radius 2 is 1.77 bits per heavy atom. The molecule has 0 spiro atoms. The molecule has 0 aliphatic carbocycles. The Labute approximate surface area is 79.4 Å². The van der Waals surface area contributed by atoms with Crippen LogP contribution in [0.2, 0.25) is 0 Å². The summed E-state index contributed by atoms with van der Waals surface area (Å²) >= 11 is 4.95. The van der Waals surface area contributed by atoms with Crippen LogP contribution in [0.3, 0.4) is 0 Å². The maximum Gasteiger partial charge on any atom is 0.206 e. The molecule has 5 atom stereocenters. The van der Waals surface area contributed by atoms with Crippen molar-refractivity contribution in [3.05, 3.63) is 0 Å². The standard InChI is InChI=1S/C6H11ClO6/c7-13-6-5(11)4(10)3(9)2(1-8)12-6/h2-6,8-11H,1H2/t2-,3-,4+,5-,6?/m1/s1. The first-order chi connectivity index (χ1) is 6.11. The van der Waals surface area contributed by atoms with E-state index in [0.717, 1.165) is 0 Å². The maximum absolute atomic E-state index is 9.23. The predicted octanol–water partition coefficient (Wildman–Crippen LogP) is -2.04. The molecule has 1 aliphatic heterocycles. The van der Waals surface area contributed by atoms with Gasteiger partial charge in [-0.25, -0.2) is 4.29 Å². The predicted molar refractivity (Wildman–Crippen MR) is 40.7 cm³/mol. The van der Waals surface area contributed by atoms with Crippen molar-refractivity contribution in [1.29, 1.82) is 0 Å². The molecular formula is C6H11ClO6. The van der Waals surface area contributed by atoms with Gasteiger partial charge in [0, 0.05) is 0 Å². The van der Waals surface area contributed by atoms with Gasteiger partial charge in [-0.15, -0.1) is 0 Å². The molecule has 1 saturated heterocycles. The van der Waals surface area contributed by atoms with Gasteiger partial charge in [-0.05, 0) is 0 Å². The summed E-state index contributed by atoms with van der Waals surface area (Å²) in [5.74, 6) is 0. The van der Waals surface area contributed by atoms with Crippen molar-refractivity contribution < 1.29 is 29.5 Å². The number of ether oxygens (including phenoxy) is 1. The lowest BCUT2D eigenvalue weighted by atomic mass is 10.00. The van der Waals surface area contributed by atoms with Crippen LogP contribution in [0.25, 0.3) is 0 Å². The number of halogens is 1. The number of rotatable bonds is 2. The first kappa shape index (κ1) is 11.1. The lowest BCUT2D eigenvalue weighted by Crippen LogP contribution is -2.58. The van der Waals surface area contributed by atoms with E-state index >= 15 is 0 Å². The molecule has 1 rings (SSSR count). The van der Waals surface area contributed by atoms with Crippen molar-refractivity contribution in [3.63, 3.8) is 0 Å². The van der Waals surface area contributed by atoms with Crippen molar-refractivity contribution in [2.24, 2.45) is 0 Å². The molecular weight excluding hydrogens is 204 g/mol. The Morgan fingerprint density at radius 1 is 1.15 bits per heavy atom. The van der Waals surface area contributed by atoms with E-state index in [9.17, 15) is 15.3 Å². The third-order valence-electron chi connectivity index (χ3n) is 1.94. The van der Waals surface area contributed by atoms with Crippen molar-refractivity contribution >= 4 is 11.9 Å². The molecule has 1 fully saturated rings. The van der Waals surface area contributed by atoms with Gasteiger partial charge >= 0.3 is 0 Å². The molecule has 0 radical (unpaired) electrons. The summed E-state index contributed by atoms with van der Waals surface area (Å²) in [7, 11) is 0. The molecule has 0 aromatic rings. The van der Waals surface area contributed by atoms with Crippen LogP contribution in [0, 0.1) is 0 Å². The van der Waals surface area contributed by atoms with Gasteiger partial charge in [0.1, 0.15) is 24.4 Å². The number of aliphatic hydroxyl groups is 4. The highest BCUT2D eigenvalue weighted by molar-refractivity contribution is 6.07. The second kappa shape index (κ2) is 4.52. The molecule has 0 saturated carbocycles. The van der Waals surface area contributed by atoms with E-state index in [1.807, 2.05) is 0 Å². The van der Waals surface area contributed by atoms with E-state index in [0.29, 0.717) is 0 Å². The van der Waals surface area contributed by atoms with Gasteiger partial charge in [0.2, 0.25) is 6.29 Å². The average molecular weight is 215 g/mol. The first-order valence-electron chi connectivity index (χ1n) is 3.69. The highest BCUT2D eigenvalue weighted by Gasteiger charge is 2.44. The zero-order valence-corrected chi connectivity index (χ0v) is 7.33. The molecule has 78 valence electrons.